The van der Waals surface area contributed by atoms with Crippen molar-refractivity contribution in [3.63, 3.8) is 0 Å². The molecule has 0 bridgehead atoms. The Balaban J connectivity index is 2.69. The van der Waals surface area contributed by atoms with Crippen LogP contribution in [-0.2, 0) is 4.74 Å². The Morgan fingerprint density at radius 1 is 1.50 bits per heavy atom. The first-order chi connectivity index (χ1) is 8.21. The molecule has 0 saturated heterocycles. The number of rotatable bonds is 3. The second-order valence-corrected chi connectivity index (χ2v) is 5.63. The summed E-state index contributed by atoms with van der Waals surface area (Å²) in [5.41, 5.74) is 5.87. The van der Waals surface area contributed by atoms with E-state index in [4.69, 9.17) is 22.1 Å². The molecule has 0 heterocycles. The summed E-state index contributed by atoms with van der Waals surface area (Å²) in [6, 6.07) is 4.59. The summed E-state index contributed by atoms with van der Waals surface area (Å²) in [6.07, 6.45) is -0.735. The maximum atomic E-state index is 11.8. The molecule has 0 aliphatic carbocycles. The molecule has 3 N–H and O–H groups in total. The first kappa shape index (κ1) is 14.8. The Hall–Kier alpha value is -1.26. The van der Waals surface area contributed by atoms with Crippen molar-refractivity contribution in [2.45, 2.75) is 26.9 Å². The van der Waals surface area contributed by atoms with E-state index in [0.29, 0.717) is 5.69 Å². The molecule has 0 amide bonds. The van der Waals surface area contributed by atoms with E-state index in [1.807, 2.05) is 20.8 Å². The van der Waals surface area contributed by atoms with Gasteiger partial charge in [-0.25, -0.2) is 4.79 Å². The van der Waals surface area contributed by atoms with Crippen LogP contribution in [0.15, 0.2) is 18.2 Å². The van der Waals surface area contributed by atoms with Gasteiger partial charge in [0, 0.05) is 5.69 Å². The number of carbonyl (C=O) groups excluding carboxylic acids is 1. The van der Waals surface area contributed by atoms with Crippen molar-refractivity contribution >= 4 is 23.3 Å². The average Bonchev–Trinajstić information content (AvgIpc) is 2.27. The van der Waals surface area contributed by atoms with Crippen LogP contribution in [0.3, 0.4) is 0 Å². The second-order valence-electron chi connectivity index (χ2n) is 5.22. The summed E-state index contributed by atoms with van der Waals surface area (Å²) in [5.74, 6) is -0.587. The number of aliphatic hydroxyl groups excluding tert-OH is 1. The van der Waals surface area contributed by atoms with E-state index in [1.165, 1.54) is 12.1 Å². The van der Waals surface area contributed by atoms with Crippen molar-refractivity contribution in [1.82, 2.24) is 0 Å². The van der Waals surface area contributed by atoms with Crippen molar-refractivity contribution in [1.29, 1.82) is 0 Å². The number of nitrogen functional groups attached to an aromatic ring is 1. The third-order valence-corrected chi connectivity index (χ3v) is 2.91. The molecule has 0 aliphatic rings. The predicted molar refractivity (Wildman–Crippen MR) is 71.6 cm³/mol. The van der Waals surface area contributed by atoms with E-state index in [2.05, 4.69) is 0 Å². The van der Waals surface area contributed by atoms with Crippen LogP contribution >= 0.6 is 11.6 Å². The van der Waals surface area contributed by atoms with Crippen molar-refractivity contribution < 1.29 is 14.6 Å². The molecule has 100 valence electrons. The number of aliphatic hydroxyl groups is 1. The van der Waals surface area contributed by atoms with Gasteiger partial charge in [0.15, 0.2) is 0 Å². The Morgan fingerprint density at radius 2 is 2.11 bits per heavy atom. The zero-order chi connectivity index (χ0) is 13.9. The highest BCUT2D eigenvalue weighted by Crippen LogP contribution is 2.22. The van der Waals surface area contributed by atoms with Gasteiger partial charge in [0.2, 0.25) is 0 Å². The number of esters is 1. The number of ether oxygens (including phenoxy) is 1. The first-order valence-corrected chi connectivity index (χ1v) is 6.00. The lowest BCUT2D eigenvalue weighted by Gasteiger charge is -2.25. The molecule has 5 heteroatoms. The zero-order valence-electron chi connectivity index (χ0n) is 10.7. The van der Waals surface area contributed by atoms with Crippen LogP contribution in [0.2, 0.25) is 5.02 Å². The maximum absolute atomic E-state index is 11.8. The Labute approximate surface area is 112 Å². The van der Waals surface area contributed by atoms with Crippen LogP contribution in [0.4, 0.5) is 5.69 Å². The van der Waals surface area contributed by atoms with E-state index in [0.717, 1.165) is 0 Å². The topological polar surface area (TPSA) is 72.5 Å². The summed E-state index contributed by atoms with van der Waals surface area (Å²) < 4.78 is 5.02. The molecule has 1 aromatic rings. The van der Waals surface area contributed by atoms with Gasteiger partial charge in [-0.15, -0.1) is 0 Å². The Bertz CT molecular complexity index is 440. The molecule has 1 unspecified atom stereocenters. The molecular weight excluding hydrogens is 254 g/mol. The largest absolute Gasteiger partial charge is 0.459 e. The number of carbonyl (C=O) groups is 1. The van der Waals surface area contributed by atoms with E-state index >= 15 is 0 Å². The summed E-state index contributed by atoms with van der Waals surface area (Å²) >= 11 is 5.88. The molecule has 0 aliphatic heterocycles. The molecule has 0 fully saturated rings. The lowest BCUT2D eigenvalue weighted by molar-refractivity contribution is -0.0104. The molecule has 18 heavy (non-hydrogen) atoms. The van der Waals surface area contributed by atoms with Gasteiger partial charge in [0.25, 0.3) is 0 Å². The third-order valence-electron chi connectivity index (χ3n) is 2.58. The maximum Gasteiger partial charge on any atom is 0.339 e. The number of hydrogen-bond acceptors (Lipinski definition) is 4. The van der Waals surface area contributed by atoms with Crippen molar-refractivity contribution in [2.24, 2.45) is 5.41 Å². The van der Waals surface area contributed by atoms with E-state index in [-0.39, 0.29) is 22.6 Å². The van der Waals surface area contributed by atoms with Crippen LogP contribution in [-0.4, -0.2) is 23.8 Å². The van der Waals surface area contributed by atoms with Crippen LogP contribution in [0, 0.1) is 5.41 Å². The Kier molecular flexibility index (Phi) is 4.59. The standard InChI is InChI=1S/C13H18ClNO3/c1-13(2,3)11(16)7-18-12(17)9-6-8(15)4-5-10(9)14/h4-6,11,16H,7,15H2,1-3H3. The zero-order valence-corrected chi connectivity index (χ0v) is 11.5. The first-order valence-electron chi connectivity index (χ1n) is 5.62. The van der Waals surface area contributed by atoms with Crippen LogP contribution in [0.5, 0.6) is 0 Å². The normalized spacial score (nSPS) is 13.2. The fourth-order valence-corrected chi connectivity index (χ4v) is 1.38. The molecule has 1 aromatic carbocycles. The number of anilines is 1. The molecule has 0 saturated carbocycles. The lowest BCUT2D eigenvalue weighted by atomic mass is 9.90. The minimum Gasteiger partial charge on any atom is -0.459 e. The average molecular weight is 272 g/mol. The summed E-state index contributed by atoms with van der Waals surface area (Å²) in [4.78, 5) is 11.8. The third kappa shape index (κ3) is 3.89. The minimum atomic E-state index is -0.735. The van der Waals surface area contributed by atoms with Crippen molar-refractivity contribution in [2.75, 3.05) is 12.3 Å². The highest BCUT2D eigenvalue weighted by molar-refractivity contribution is 6.33. The fraction of sp³-hybridized carbons (Fsp3) is 0.462. The smallest absolute Gasteiger partial charge is 0.339 e. The van der Waals surface area contributed by atoms with Crippen LogP contribution in [0.1, 0.15) is 31.1 Å². The van der Waals surface area contributed by atoms with Gasteiger partial charge in [-0.2, -0.15) is 0 Å². The summed E-state index contributed by atoms with van der Waals surface area (Å²) in [6.45, 7) is 5.50. The lowest BCUT2D eigenvalue weighted by Crippen LogP contribution is -2.31. The van der Waals surface area contributed by atoms with E-state index in [9.17, 15) is 9.90 Å². The van der Waals surface area contributed by atoms with Crippen molar-refractivity contribution in [3.8, 4) is 0 Å². The van der Waals surface area contributed by atoms with E-state index < -0.39 is 12.1 Å². The SMILES string of the molecule is CC(C)(C)C(O)COC(=O)c1cc(N)ccc1Cl. The summed E-state index contributed by atoms with van der Waals surface area (Å²) in [7, 11) is 0. The molecule has 1 atom stereocenters. The molecule has 0 aromatic heterocycles. The summed E-state index contributed by atoms with van der Waals surface area (Å²) in [5, 5.41) is 10.0. The highest BCUT2D eigenvalue weighted by atomic mass is 35.5. The number of hydrogen-bond donors (Lipinski definition) is 2. The van der Waals surface area contributed by atoms with Crippen molar-refractivity contribution in [3.05, 3.63) is 28.8 Å². The number of nitrogens with two attached hydrogens (primary N) is 1. The van der Waals surface area contributed by atoms with Gasteiger partial charge in [-0.3, -0.25) is 0 Å². The number of benzene rings is 1. The van der Waals surface area contributed by atoms with Gasteiger partial charge in [-0.1, -0.05) is 32.4 Å². The second kappa shape index (κ2) is 5.59. The monoisotopic (exact) mass is 271 g/mol. The van der Waals surface area contributed by atoms with Gasteiger partial charge in [0.05, 0.1) is 16.7 Å². The molecule has 0 spiro atoms. The predicted octanol–water partition coefficient (Wildman–Crippen LogP) is 2.49. The molecule has 4 nitrogen and oxygen atoms in total. The number of halogens is 1. The highest BCUT2D eigenvalue weighted by Gasteiger charge is 2.24. The van der Waals surface area contributed by atoms with Crippen LogP contribution in [0.25, 0.3) is 0 Å². The fourth-order valence-electron chi connectivity index (χ4n) is 1.18. The van der Waals surface area contributed by atoms with E-state index in [1.54, 1.807) is 6.07 Å². The van der Waals surface area contributed by atoms with Gasteiger partial charge >= 0.3 is 5.97 Å². The molecule has 1 rings (SSSR count). The van der Waals surface area contributed by atoms with Gasteiger partial charge < -0.3 is 15.6 Å². The molecule has 0 radical (unpaired) electrons. The van der Waals surface area contributed by atoms with Gasteiger partial charge in [-0.05, 0) is 23.6 Å². The quantitative estimate of drug-likeness (QED) is 0.654. The Morgan fingerprint density at radius 3 is 2.67 bits per heavy atom. The van der Waals surface area contributed by atoms with Crippen LogP contribution < -0.4 is 5.73 Å². The minimum absolute atomic E-state index is 0.0759. The molecular formula is C13H18ClNO3. The van der Waals surface area contributed by atoms with Gasteiger partial charge in [0.1, 0.15) is 6.61 Å².